The van der Waals surface area contributed by atoms with Crippen molar-refractivity contribution in [1.82, 2.24) is 14.4 Å². The van der Waals surface area contributed by atoms with Crippen LogP contribution in [0.3, 0.4) is 0 Å². The molecule has 0 N–H and O–H groups in total. The lowest BCUT2D eigenvalue weighted by molar-refractivity contribution is 0.0327. The molecule has 1 saturated carbocycles. The summed E-state index contributed by atoms with van der Waals surface area (Å²) in [5, 5.41) is 1.50. The number of morpholine rings is 1. The first kappa shape index (κ1) is 21.4. The fraction of sp³-hybridized carbons (Fsp3) is 0.517. The Balaban J connectivity index is 1.39. The Morgan fingerprint density at radius 3 is 2.39 bits per heavy atom. The summed E-state index contributed by atoms with van der Waals surface area (Å²) >= 11 is 0. The van der Waals surface area contributed by atoms with Gasteiger partial charge in [0.1, 0.15) is 0 Å². The molecule has 0 spiro atoms. The summed E-state index contributed by atoms with van der Waals surface area (Å²) < 4.78 is 8.21. The van der Waals surface area contributed by atoms with E-state index in [-0.39, 0.29) is 0 Å². The van der Waals surface area contributed by atoms with Gasteiger partial charge in [0.05, 0.1) is 18.9 Å². The molecule has 0 bridgehead atoms. The van der Waals surface area contributed by atoms with Gasteiger partial charge in [0.25, 0.3) is 0 Å². The van der Waals surface area contributed by atoms with Gasteiger partial charge in [0.2, 0.25) is 0 Å². The summed E-state index contributed by atoms with van der Waals surface area (Å²) in [6.07, 6.45) is 6.84. The summed E-state index contributed by atoms with van der Waals surface area (Å²) in [5.74, 6) is 0.699. The van der Waals surface area contributed by atoms with E-state index in [4.69, 9.17) is 4.74 Å². The Morgan fingerprint density at radius 2 is 1.52 bits per heavy atom. The zero-order valence-corrected chi connectivity index (χ0v) is 19.8. The molecule has 1 aromatic heterocycles. The highest BCUT2D eigenvalue weighted by molar-refractivity contribution is 5.93. The molecule has 3 heterocycles. The molecule has 3 aromatic rings. The highest BCUT2D eigenvalue weighted by atomic mass is 16.5. The number of ether oxygens (including phenoxy) is 1. The van der Waals surface area contributed by atoms with Gasteiger partial charge in [-0.1, -0.05) is 61.7 Å². The summed E-state index contributed by atoms with van der Waals surface area (Å²) in [6, 6.07) is 18.4. The predicted molar refractivity (Wildman–Crippen MR) is 136 cm³/mol. The molecule has 2 aliphatic heterocycles. The average Bonchev–Trinajstić information content (AvgIpc) is 3.19. The first-order valence-electron chi connectivity index (χ1n) is 13.1. The van der Waals surface area contributed by atoms with Crippen molar-refractivity contribution in [3.05, 3.63) is 59.7 Å². The fourth-order valence-electron chi connectivity index (χ4n) is 6.41. The standard InChI is InChI=1S/C29H37N3O/c1-2-8-23(9-3-1)28-26-12-6-7-13-27(26)32-17-16-31(15-14-30-18-20-33-21-19-30)22-24-10-4-5-11-25(24)29(28)32/h4-7,10-13,23H,1-3,8-9,14-22H2. The van der Waals surface area contributed by atoms with Gasteiger partial charge >= 0.3 is 0 Å². The van der Waals surface area contributed by atoms with E-state index < -0.39 is 0 Å². The first-order valence-corrected chi connectivity index (χ1v) is 13.1. The first-order chi connectivity index (χ1) is 16.4. The van der Waals surface area contributed by atoms with Gasteiger partial charge in [0, 0.05) is 62.3 Å². The van der Waals surface area contributed by atoms with Crippen molar-refractivity contribution in [3.8, 4) is 11.3 Å². The number of hydrogen-bond acceptors (Lipinski definition) is 3. The summed E-state index contributed by atoms with van der Waals surface area (Å²) in [5.41, 5.74) is 7.54. The van der Waals surface area contributed by atoms with E-state index in [2.05, 4.69) is 62.9 Å². The molecule has 1 aliphatic carbocycles. The smallest absolute Gasteiger partial charge is 0.0594 e. The number of benzene rings is 2. The Bertz CT molecular complexity index is 1090. The van der Waals surface area contributed by atoms with E-state index in [0.717, 1.165) is 59.0 Å². The molecule has 33 heavy (non-hydrogen) atoms. The summed E-state index contributed by atoms with van der Waals surface area (Å²) in [7, 11) is 0. The van der Waals surface area contributed by atoms with Crippen LogP contribution in [-0.4, -0.2) is 60.3 Å². The van der Waals surface area contributed by atoms with Gasteiger partial charge < -0.3 is 9.30 Å². The largest absolute Gasteiger partial charge is 0.379 e. The van der Waals surface area contributed by atoms with Crippen LogP contribution in [0.1, 0.15) is 49.1 Å². The SMILES string of the molecule is c1ccc2c(c1)CN(CCN1CCOCC1)CCn1c-2c(C2CCCCC2)c2ccccc21. The van der Waals surface area contributed by atoms with E-state index in [1.54, 1.807) is 5.56 Å². The van der Waals surface area contributed by atoms with Crippen molar-refractivity contribution in [2.75, 3.05) is 45.9 Å². The third-order valence-corrected chi connectivity index (χ3v) is 8.17. The van der Waals surface area contributed by atoms with Gasteiger partial charge in [-0.3, -0.25) is 9.80 Å². The zero-order chi connectivity index (χ0) is 22.0. The minimum Gasteiger partial charge on any atom is -0.379 e. The number of fused-ring (bicyclic) bond motifs is 5. The topological polar surface area (TPSA) is 20.6 Å². The van der Waals surface area contributed by atoms with Crippen LogP contribution in [0.5, 0.6) is 0 Å². The van der Waals surface area contributed by atoms with E-state index in [0.29, 0.717) is 5.92 Å². The van der Waals surface area contributed by atoms with Gasteiger partial charge in [0.15, 0.2) is 0 Å². The van der Waals surface area contributed by atoms with Crippen molar-refractivity contribution < 1.29 is 4.74 Å². The second-order valence-electron chi connectivity index (χ2n) is 10.2. The maximum Gasteiger partial charge on any atom is 0.0594 e. The van der Waals surface area contributed by atoms with Crippen molar-refractivity contribution in [1.29, 1.82) is 0 Å². The third-order valence-electron chi connectivity index (χ3n) is 8.17. The maximum atomic E-state index is 5.55. The molecule has 0 atom stereocenters. The van der Waals surface area contributed by atoms with Crippen LogP contribution >= 0.6 is 0 Å². The van der Waals surface area contributed by atoms with Crippen molar-refractivity contribution >= 4 is 10.9 Å². The van der Waals surface area contributed by atoms with Crippen LogP contribution in [0.25, 0.3) is 22.2 Å². The number of hydrogen-bond donors (Lipinski definition) is 0. The predicted octanol–water partition coefficient (Wildman–Crippen LogP) is 5.50. The molecular weight excluding hydrogens is 406 g/mol. The van der Waals surface area contributed by atoms with Crippen molar-refractivity contribution in [3.63, 3.8) is 0 Å². The molecule has 174 valence electrons. The van der Waals surface area contributed by atoms with Gasteiger partial charge in [-0.25, -0.2) is 0 Å². The van der Waals surface area contributed by atoms with Crippen LogP contribution in [0.2, 0.25) is 0 Å². The molecule has 6 rings (SSSR count). The van der Waals surface area contributed by atoms with E-state index in [9.17, 15) is 0 Å². The fourth-order valence-corrected chi connectivity index (χ4v) is 6.41. The Kier molecular flexibility index (Phi) is 6.23. The molecular formula is C29H37N3O. The monoisotopic (exact) mass is 443 g/mol. The average molecular weight is 444 g/mol. The van der Waals surface area contributed by atoms with Crippen LogP contribution in [0.15, 0.2) is 48.5 Å². The van der Waals surface area contributed by atoms with E-state index >= 15 is 0 Å². The number of nitrogens with zero attached hydrogens (tertiary/aromatic N) is 3. The lowest BCUT2D eigenvalue weighted by atomic mass is 9.81. The van der Waals surface area contributed by atoms with Crippen LogP contribution in [0, 0.1) is 0 Å². The summed E-state index contributed by atoms with van der Waals surface area (Å²) in [4.78, 5) is 5.23. The van der Waals surface area contributed by atoms with Crippen LogP contribution in [0.4, 0.5) is 0 Å². The molecule has 0 unspecified atom stereocenters. The van der Waals surface area contributed by atoms with Crippen LogP contribution < -0.4 is 0 Å². The van der Waals surface area contributed by atoms with E-state index in [1.807, 2.05) is 0 Å². The normalized spacial score (nSPS) is 20.8. The highest BCUT2D eigenvalue weighted by Crippen LogP contribution is 2.45. The van der Waals surface area contributed by atoms with Gasteiger partial charge in [-0.15, -0.1) is 0 Å². The highest BCUT2D eigenvalue weighted by Gasteiger charge is 2.28. The summed E-state index contributed by atoms with van der Waals surface area (Å²) in [6.45, 7) is 9.39. The second-order valence-corrected chi connectivity index (χ2v) is 10.2. The second kappa shape index (κ2) is 9.61. The number of rotatable bonds is 4. The number of para-hydroxylation sites is 1. The van der Waals surface area contributed by atoms with Crippen LogP contribution in [-0.2, 0) is 17.8 Å². The van der Waals surface area contributed by atoms with E-state index in [1.165, 1.54) is 59.8 Å². The molecule has 1 saturated heterocycles. The van der Waals surface area contributed by atoms with Crippen molar-refractivity contribution in [2.45, 2.75) is 51.1 Å². The minimum absolute atomic E-state index is 0.699. The maximum absolute atomic E-state index is 5.55. The molecule has 2 fully saturated rings. The molecule has 0 amide bonds. The Labute approximate surface area is 198 Å². The lowest BCUT2D eigenvalue weighted by Crippen LogP contribution is -2.42. The molecule has 3 aliphatic rings. The van der Waals surface area contributed by atoms with Gasteiger partial charge in [-0.05, 0) is 36.0 Å². The van der Waals surface area contributed by atoms with Crippen molar-refractivity contribution in [2.24, 2.45) is 0 Å². The molecule has 0 radical (unpaired) electrons. The number of aromatic nitrogens is 1. The third kappa shape index (κ3) is 4.25. The lowest BCUT2D eigenvalue weighted by Gasteiger charge is -2.32. The Hall–Kier alpha value is -2.14. The quantitative estimate of drug-likeness (QED) is 0.531. The van der Waals surface area contributed by atoms with Gasteiger partial charge in [-0.2, -0.15) is 0 Å². The molecule has 4 heteroatoms. The minimum atomic E-state index is 0.699. The Morgan fingerprint density at radius 1 is 0.758 bits per heavy atom. The molecule has 2 aromatic carbocycles. The molecule has 4 nitrogen and oxygen atoms in total. The zero-order valence-electron chi connectivity index (χ0n) is 19.8.